The van der Waals surface area contributed by atoms with E-state index in [1.54, 1.807) is 12.1 Å². The molecule has 0 unspecified atom stereocenters. The van der Waals surface area contributed by atoms with Crippen molar-refractivity contribution in [3.8, 4) is 5.75 Å². The summed E-state index contributed by atoms with van der Waals surface area (Å²) in [7, 11) is -2.24. The molecule has 166 valence electrons. The summed E-state index contributed by atoms with van der Waals surface area (Å²) >= 11 is 0. The number of hydrogen-bond acceptors (Lipinski definition) is 5. The Morgan fingerprint density at radius 2 is 1.71 bits per heavy atom. The predicted molar refractivity (Wildman–Crippen MR) is 111 cm³/mol. The second-order valence-electron chi connectivity index (χ2n) is 7.11. The van der Waals surface area contributed by atoms with Gasteiger partial charge < -0.3 is 15.4 Å². The normalized spacial score (nSPS) is 16.6. The average molecular weight is 450 g/mol. The Kier molecular flexibility index (Phi) is 7.24. The standard InChI is InChI=1S/C21H24FN3O5S/c1-30-18-8-10-19(11-9-18)31(28,29)25-12-2-3-17(25)14-24-21(27)20(26)23-13-15-4-6-16(22)7-5-15/h4-11,17H,2-3,12-14H2,1H3,(H,23,26)(H,24,27)/t17-/m0/s1. The summed E-state index contributed by atoms with van der Waals surface area (Å²) in [4.78, 5) is 24.3. The van der Waals surface area contributed by atoms with Crippen molar-refractivity contribution in [3.63, 3.8) is 0 Å². The molecule has 1 atom stereocenters. The molecule has 1 saturated heterocycles. The maximum absolute atomic E-state index is 13.0. The topological polar surface area (TPSA) is 105 Å². The number of benzene rings is 2. The largest absolute Gasteiger partial charge is 0.497 e. The summed E-state index contributed by atoms with van der Waals surface area (Å²) < 4.78 is 45.3. The first-order valence-electron chi connectivity index (χ1n) is 9.77. The molecule has 2 amide bonds. The van der Waals surface area contributed by atoms with Crippen molar-refractivity contribution in [3.05, 3.63) is 59.9 Å². The van der Waals surface area contributed by atoms with Gasteiger partial charge in [-0.1, -0.05) is 12.1 Å². The van der Waals surface area contributed by atoms with Gasteiger partial charge >= 0.3 is 11.8 Å². The van der Waals surface area contributed by atoms with Gasteiger partial charge in [-0.05, 0) is 54.8 Å². The minimum absolute atomic E-state index is 0.0260. The van der Waals surface area contributed by atoms with E-state index in [1.807, 2.05) is 0 Å². The number of sulfonamides is 1. The van der Waals surface area contributed by atoms with Crippen LogP contribution >= 0.6 is 0 Å². The van der Waals surface area contributed by atoms with Crippen LogP contribution in [0.1, 0.15) is 18.4 Å². The molecule has 8 nitrogen and oxygen atoms in total. The van der Waals surface area contributed by atoms with Gasteiger partial charge in [0, 0.05) is 25.7 Å². The van der Waals surface area contributed by atoms with Crippen LogP contribution < -0.4 is 15.4 Å². The van der Waals surface area contributed by atoms with Crippen LogP contribution in [0.4, 0.5) is 4.39 Å². The van der Waals surface area contributed by atoms with E-state index < -0.39 is 33.7 Å². The van der Waals surface area contributed by atoms with Gasteiger partial charge in [0.1, 0.15) is 11.6 Å². The van der Waals surface area contributed by atoms with Gasteiger partial charge in [0.2, 0.25) is 10.0 Å². The summed E-state index contributed by atoms with van der Waals surface area (Å²) in [6.07, 6.45) is 1.24. The van der Waals surface area contributed by atoms with Crippen LogP contribution in [0.15, 0.2) is 53.4 Å². The van der Waals surface area contributed by atoms with Crippen molar-refractivity contribution < 1.29 is 27.1 Å². The second-order valence-corrected chi connectivity index (χ2v) is 9.00. The summed E-state index contributed by atoms with van der Waals surface area (Å²) in [6.45, 7) is 0.442. The number of methoxy groups -OCH3 is 1. The van der Waals surface area contributed by atoms with E-state index in [9.17, 15) is 22.4 Å². The van der Waals surface area contributed by atoms with Crippen molar-refractivity contribution in [1.29, 1.82) is 0 Å². The number of halogens is 1. The van der Waals surface area contributed by atoms with Crippen molar-refractivity contribution in [2.24, 2.45) is 0 Å². The van der Waals surface area contributed by atoms with E-state index in [2.05, 4.69) is 10.6 Å². The molecule has 0 spiro atoms. The summed E-state index contributed by atoms with van der Waals surface area (Å²) in [5.74, 6) is -1.53. The van der Waals surface area contributed by atoms with Crippen LogP contribution in [-0.4, -0.2) is 50.8 Å². The number of carbonyl (C=O) groups excluding carboxylic acids is 2. The Labute approximate surface area is 180 Å². The Hall–Kier alpha value is -2.98. The Balaban J connectivity index is 1.55. The molecule has 0 bridgehead atoms. The molecule has 2 N–H and O–H groups in total. The third kappa shape index (κ3) is 5.59. The first-order valence-corrected chi connectivity index (χ1v) is 11.2. The lowest BCUT2D eigenvalue weighted by atomic mass is 10.2. The third-order valence-electron chi connectivity index (χ3n) is 5.06. The van der Waals surface area contributed by atoms with Gasteiger partial charge in [0.15, 0.2) is 0 Å². The molecular formula is C21H24FN3O5S. The smallest absolute Gasteiger partial charge is 0.309 e. The molecular weight excluding hydrogens is 425 g/mol. The van der Waals surface area contributed by atoms with Crippen LogP contribution in [0.5, 0.6) is 5.75 Å². The first-order chi connectivity index (χ1) is 14.8. The Morgan fingerprint density at radius 3 is 2.35 bits per heavy atom. The zero-order chi connectivity index (χ0) is 22.4. The van der Waals surface area contributed by atoms with E-state index >= 15 is 0 Å². The highest BCUT2D eigenvalue weighted by atomic mass is 32.2. The first kappa shape index (κ1) is 22.7. The van der Waals surface area contributed by atoms with Crippen molar-refractivity contribution in [2.45, 2.75) is 30.3 Å². The molecule has 1 fully saturated rings. The Bertz CT molecular complexity index is 1030. The Morgan fingerprint density at radius 1 is 1.06 bits per heavy atom. The number of carbonyl (C=O) groups is 2. The summed E-state index contributed by atoms with van der Waals surface area (Å²) in [5, 5.41) is 4.96. The molecule has 0 radical (unpaired) electrons. The van der Waals surface area contributed by atoms with Gasteiger partial charge in [-0.25, -0.2) is 12.8 Å². The van der Waals surface area contributed by atoms with Crippen molar-refractivity contribution >= 4 is 21.8 Å². The lowest BCUT2D eigenvalue weighted by Gasteiger charge is -2.24. The SMILES string of the molecule is COc1ccc(S(=O)(=O)N2CCC[C@H]2CNC(=O)C(=O)NCc2ccc(F)cc2)cc1. The molecule has 1 aliphatic rings. The van der Waals surface area contributed by atoms with E-state index in [4.69, 9.17) is 4.74 Å². The van der Waals surface area contributed by atoms with Crippen LogP contribution in [-0.2, 0) is 26.2 Å². The molecule has 3 rings (SSSR count). The van der Waals surface area contributed by atoms with E-state index in [1.165, 1.54) is 47.8 Å². The molecule has 2 aromatic carbocycles. The number of hydrogen-bond donors (Lipinski definition) is 2. The van der Waals surface area contributed by atoms with Gasteiger partial charge in [-0.3, -0.25) is 9.59 Å². The predicted octanol–water partition coefficient (Wildman–Crippen LogP) is 1.42. The summed E-state index contributed by atoms with van der Waals surface area (Å²) in [5.41, 5.74) is 0.648. The second kappa shape index (κ2) is 9.88. The number of rotatable bonds is 7. The molecule has 0 aliphatic carbocycles. The maximum atomic E-state index is 13.0. The highest BCUT2D eigenvalue weighted by molar-refractivity contribution is 7.89. The molecule has 31 heavy (non-hydrogen) atoms. The fourth-order valence-electron chi connectivity index (χ4n) is 3.37. The zero-order valence-corrected chi connectivity index (χ0v) is 17.8. The van der Waals surface area contributed by atoms with Crippen LogP contribution in [0.25, 0.3) is 0 Å². The molecule has 1 heterocycles. The molecule has 0 saturated carbocycles. The van der Waals surface area contributed by atoms with Gasteiger partial charge in [0.05, 0.1) is 12.0 Å². The molecule has 2 aromatic rings. The lowest BCUT2D eigenvalue weighted by molar-refractivity contribution is -0.139. The fourth-order valence-corrected chi connectivity index (χ4v) is 5.06. The van der Waals surface area contributed by atoms with Crippen molar-refractivity contribution in [2.75, 3.05) is 20.2 Å². The molecule has 10 heteroatoms. The summed E-state index contributed by atoms with van der Waals surface area (Å²) in [6, 6.07) is 11.2. The number of nitrogens with one attached hydrogen (secondary N) is 2. The van der Waals surface area contributed by atoms with Gasteiger partial charge in [0.25, 0.3) is 0 Å². The van der Waals surface area contributed by atoms with Gasteiger partial charge in [-0.15, -0.1) is 0 Å². The quantitative estimate of drug-likeness (QED) is 0.622. The highest BCUT2D eigenvalue weighted by Gasteiger charge is 2.35. The average Bonchev–Trinajstić information content (AvgIpc) is 3.26. The van der Waals surface area contributed by atoms with E-state index in [0.717, 1.165) is 0 Å². The monoisotopic (exact) mass is 449 g/mol. The number of amides is 2. The number of nitrogens with zero attached hydrogens (tertiary/aromatic N) is 1. The highest BCUT2D eigenvalue weighted by Crippen LogP contribution is 2.26. The zero-order valence-electron chi connectivity index (χ0n) is 17.0. The maximum Gasteiger partial charge on any atom is 0.309 e. The van der Waals surface area contributed by atoms with E-state index in [0.29, 0.717) is 30.7 Å². The van der Waals surface area contributed by atoms with E-state index in [-0.39, 0.29) is 18.0 Å². The molecule has 0 aromatic heterocycles. The fraction of sp³-hybridized carbons (Fsp3) is 0.333. The lowest BCUT2D eigenvalue weighted by Crippen LogP contribution is -2.46. The van der Waals surface area contributed by atoms with Crippen LogP contribution in [0, 0.1) is 5.82 Å². The van der Waals surface area contributed by atoms with Gasteiger partial charge in [-0.2, -0.15) is 4.31 Å². The third-order valence-corrected chi connectivity index (χ3v) is 7.03. The van der Waals surface area contributed by atoms with Crippen LogP contribution in [0.2, 0.25) is 0 Å². The van der Waals surface area contributed by atoms with Crippen LogP contribution in [0.3, 0.4) is 0 Å². The van der Waals surface area contributed by atoms with Crippen molar-refractivity contribution in [1.82, 2.24) is 14.9 Å². The minimum atomic E-state index is -3.74. The minimum Gasteiger partial charge on any atom is -0.497 e. The number of ether oxygens (including phenoxy) is 1. The molecule has 1 aliphatic heterocycles.